The fourth-order valence-electron chi connectivity index (χ4n) is 1.91. The summed E-state index contributed by atoms with van der Waals surface area (Å²) in [6.45, 7) is 0. The van der Waals surface area contributed by atoms with E-state index in [2.05, 4.69) is 20.6 Å². The number of ether oxygens (including phenoxy) is 1. The maximum Gasteiger partial charge on any atom is 0.573 e. The summed E-state index contributed by atoms with van der Waals surface area (Å²) in [6.07, 6.45) is -4.80. The first-order valence-corrected chi connectivity index (χ1v) is 7.22. The minimum atomic E-state index is -4.80. The number of hydrogen-bond acceptors (Lipinski definition) is 6. The number of para-hydroxylation sites is 1. The van der Waals surface area contributed by atoms with Gasteiger partial charge in [0.05, 0.1) is 11.3 Å². The van der Waals surface area contributed by atoms with Crippen LogP contribution in [0.5, 0.6) is 5.75 Å². The van der Waals surface area contributed by atoms with E-state index in [0.717, 1.165) is 12.1 Å². The lowest BCUT2D eigenvalue weighted by atomic mass is 10.1. The lowest BCUT2D eigenvalue weighted by molar-refractivity contribution is -0.274. The summed E-state index contributed by atoms with van der Waals surface area (Å²) in [5.41, 5.74) is 2.64. The van der Waals surface area contributed by atoms with Crippen LogP contribution in [0.25, 0.3) is 0 Å². The molecular formula is C17H10F3N5O2. The number of alkyl halides is 3. The molecule has 0 atom stereocenters. The molecule has 2 rings (SSSR count). The van der Waals surface area contributed by atoms with Gasteiger partial charge >= 0.3 is 6.36 Å². The second kappa shape index (κ2) is 8.36. The Morgan fingerprint density at radius 1 is 1.04 bits per heavy atom. The van der Waals surface area contributed by atoms with Crippen molar-refractivity contribution in [3.05, 3.63) is 54.1 Å². The molecule has 136 valence electrons. The fraction of sp³-hybridized carbons (Fsp3) is 0.0588. The van der Waals surface area contributed by atoms with Crippen LogP contribution in [0, 0.1) is 22.7 Å². The highest BCUT2D eigenvalue weighted by Crippen LogP contribution is 2.24. The molecule has 2 N–H and O–H groups in total. The van der Waals surface area contributed by atoms with Gasteiger partial charge in [-0.2, -0.15) is 15.6 Å². The lowest BCUT2D eigenvalue weighted by Crippen LogP contribution is -2.17. The first-order valence-electron chi connectivity index (χ1n) is 7.22. The van der Waals surface area contributed by atoms with E-state index in [1.807, 2.05) is 0 Å². The molecule has 1 amide bonds. The van der Waals surface area contributed by atoms with Crippen LogP contribution in [0.1, 0.15) is 10.4 Å². The van der Waals surface area contributed by atoms with Crippen molar-refractivity contribution in [2.24, 2.45) is 5.10 Å². The van der Waals surface area contributed by atoms with Crippen LogP contribution in [0.4, 0.5) is 24.5 Å². The van der Waals surface area contributed by atoms with Gasteiger partial charge in [-0.15, -0.1) is 13.2 Å². The average molecular weight is 373 g/mol. The second-order valence-corrected chi connectivity index (χ2v) is 4.87. The van der Waals surface area contributed by atoms with Gasteiger partial charge in [-0.3, -0.25) is 10.2 Å². The molecule has 2 aromatic carbocycles. The number of nitrogens with zero attached hydrogens (tertiary/aromatic N) is 3. The summed E-state index contributed by atoms with van der Waals surface area (Å²) < 4.78 is 40.2. The molecule has 0 bridgehead atoms. The summed E-state index contributed by atoms with van der Waals surface area (Å²) >= 11 is 0. The van der Waals surface area contributed by atoms with Crippen LogP contribution < -0.4 is 15.5 Å². The Hall–Kier alpha value is -4.05. The SMILES string of the molecule is N#CC(C#N)=NNc1ccccc1C(=O)Nc1ccc(OC(F)(F)F)cc1. The van der Waals surface area contributed by atoms with Crippen LogP contribution in [-0.4, -0.2) is 18.0 Å². The molecule has 0 spiro atoms. The van der Waals surface area contributed by atoms with Gasteiger partial charge in [0.2, 0.25) is 5.71 Å². The van der Waals surface area contributed by atoms with E-state index >= 15 is 0 Å². The lowest BCUT2D eigenvalue weighted by Gasteiger charge is -2.11. The first kappa shape index (κ1) is 19.3. The van der Waals surface area contributed by atoms with Crippen LogP contribution in [-0.2, 0) is 0 Å². The molecule has 10 heteroatoms. The monoisotopic (exact) mass is 373 g/mol. The Morgan fingerprint density at radius 3 is 2.26 bits per heavy atom. The topological polar surface area (TPSA) is 110 Å². The van der Waals surface area contributed by atoms with Gasteiger partial charge in [-0.05, 0) is 36.4 Å². The number of halogens is 3. The Labute approximate surface area is 151 Å². The molecule has 0 heterocycles. The highest BCUT2D eigenvalue weighted by atomic mass is 19.4. The van der Waals surface area contributed by atoms with Crippen LogP contribution >= 0.6 is 0 Å². The number of nitrogens with one attached hydrogen (secondary N) is 2. The summed E-state index contributed by atoms with van der Waals surface area (Å²) in [7, 11) is 0. The first-order chi connectivity index (χ1) is 12.8. The zero-order valence-corrected chi connectivity index (χ0v) is 13.4. The van der Waals surface area contributed by atoms with E-state index in [9.17, 15) is 18.0 Å². The maximum absolute atomic E-state index is 12.4. The quantitative estimate of drug-likeness (QED) is 0.614. The largest absolute Gasteiger partial charge is 0.573 e. The van der Waals surface area contributed by atoms with Crippen molar-refractivity contribution in [1.29, 1.82) is 10.5 Å². The Bertz CT molecular complexity index is 925. The van der Waals surface area contributed by atoms with E-state index in [0.29, 0.717) is 0 Å². The van der Waals surface area contributed by atoms with Gasteiger partial charge in [0.15, 0.2) is 0 Å². The predicted molar refractivity (Wildman–Crippen MR) is 89.8 cm³/mol. The normalized spacial score (nSPS) is 10.1. The third kappa shape index (κ3) is 5.76. The highest BCUT2D eigenvalue weighted by Gasteiger charge is 2.30. The minimum Gasteiger partial charge on any atom is -0.406 e. The Balaban J connectivity index is 2.14. The fourth-order valence-corrected chi connectivity index (χ4v) is 1.91. The van der Waals surface area contributed by atoms with Crippen molar-refractivity contribution < 1.29 is 22.7 Å². The second-order valence-electron chi connectivity index (χ2n) is 4.87. The molecule has 0 aliphatic rings. The number of nitriles is 2. The number of anilines is 2. The van der Waals surface area contributed by atoms with Crippen molar-refractivity contribution in [2.45, 2.75) is 6.36 Å². The molecule has 0 saturated heterocycles. The van der Waals surface area contributed by atoms with Gasteiger partial charge in [-0.25, -0.2) is 0 Å². The Kier molecular flexibility index (Phi) is 5.97. The molecule has 2 aromatic rings. The van der Waals surface area contributed by atoms with E-state index in [1.165, 1.54) is 24.3 Å². The zero-order chi connectivity index (χ0) is 19.9. The number of carbonyl (C=O) groups excluding carboxylic acids is 1. The van der Waals surface area contributed by atoms with Crippen LogP contribution in [0.2, 0.25) is 0 Å². The van der Waals surface area contributed by atoms with Gasteiger partial charge in [0.25, 0.3) is 5.91 Å². The number of rotatable bonds is 5. The zero-order valence-electron chi connectivity index (χ0n) is 13.4. The third-order valence-electron chi connectivity index (χ3n) is 3.02. The average Bonchev–Trinajstić information content (AvgIpc) is 2.63. The van der Waals surface area contributed by atoms with Crippen molar-refractivity contribution >= 4 is 23.0 Å². The van der Waals surface area contributed by atoms with Crippen molar-refractivity contribution in [2.75, 3.05) is 10.7 Å². The maximum atomic E-state index is 12.4. The number of amides is 1. The molecule has 0 radical (unpaired) electrons. The number of hydrogen-bond donors (Lipinski definition) is 2. The predicted octanol–water partition coefficient (Wildman–Crippen LogP) is 3.65. The summed E-state index contributed by atoms with van der Waals surface area (Å²) in [5, 5.41) is 23.4. The third-order valence-corrected chi connectivity index (χ3v) is 3.02. The molecule has 0 aliphatic heterocycles. The molecule has 0 unspecified atom stereocenters. The van der Waals surface area contributed by atoms with Gasteiger partial charge < -0.3 is 10.1 Å². The summed E-state index contributed by atoms with van der Waals surface area (Å²) in [5.74, 6) is -0.995. The van der Waals surface area contributed by atoms with Crippen molar-refractivity contribution in [3.8, 4) is 17.9 Å². The smallest absolute Gasteiger partial charge is 0.406 e. The summed E-state index contributed by atoms with van der Waals surface area (Å²) in [4.78, 5) is 12.4. The molecule has 0 aliphatic carbocycles. The Morgan fingerprint density at radius 2 is 1.67 bits per heavy atom. The number of benzene rings is 2. The van der Waals surface area contributed by atoms with Crippen LogP contribution in [0.3, 0.4) is 0 Å². The molecule has 0 fully saturated rings. The van der Waals surface area contributed by atoms with Gasteiger partial charge in [0.1, 0.15) is 17.9 Å². The summed E-state index contributed by atoms with van der Waals surface area (Å²) in [6, 6.07) is 13.9. The molecule has 7 nitrogen and oxygen atoms in total. The van der Waals surface area contributed by atoms with E-state index in [-0.39, 0.29) is 16.9 Å². The van der Waals surface area contributed by atoms with Gasteiger partial charge in [0, 0.05) is 5.69 Å². The molecule has 0 aromatic heterocycles. The minimum absolute atomic E-state index is 0.145. The van der Waals surface area contributed by atoms with Crippen LogP contribution in [0.15, 0.2) is 53.6 Å². The molecular weight excluding hydrogens is 363 g/mol. The molecule has 27 heavy (non-hydrogen) atoms. The number of hydrazone groups is 1. The van der Waals surface area contributed by atoms with Crippen molar-refractivity contribution in [1.82, 2.24) is 0 Å². The van der Waals surface area contributed by atoms with Crippen molar-refractivity contribution in [3.63, 3.8) is 0 Å². The highest BCUT2D eigenvalue weighted by molar-refractivity contribution is 6.11. The molecule has 0 saturated carbocycles. The van der Waals surface area contributed by atoms with Gasteiger partial charge in [-0.1, -0.05) is 12.1 Å². The van der Waals surface area contributed by atoms with E-state index in [1.54, 1.807) is 24.3 Å². The van der Waals surface area contributed by atoms with E-state index < -0.39 is 23.7 Å². The van der Waals surface area contributed by atoms with E-state index in [4.69, 9.17) is 10.5 Å². The standard InChI is InChI=1S/C17H10F3N5O2/c18-17(19,20)27-13-7-5-11(6-8-13)23-16(26)14-3-1-2-4-15(14)25-24-12(9-21)10-22/h1-8,25H,(H,23,26). The number of carbonyl (C=O) groups is 1.